The van der Waals surface area contributed by atoms with Crippen molar-refractivity contribution in [3.05, 3.63) is 72.1 Å². The van der Waals surface area contributed by atoms with Crippen molar-refractivity contribution in [3.63, 3.8) is 0 Å². The lowest BCUT2D eigenvalue weighted by Gasteiger charge is -2.27. The highest BCUT2D eigenvalue weighted by molar-refractivity contribution is 5.94. The summed E-state index contributed by atoms with van der Waals surface area (Å²) >= 11 is 0. The largest absolute Gasteiger partial charge is 0.373 e. The van der Waals surface area contributed by atoms with Crippen LogP contribution in [-0.4, -0.2) is 42.2 Å². The predicted octanol–water partition coefficient (Wildman–Crippen LogP) is 4.39. The summed E-state index contributed by atoms with van der Waals surface area (Å²) in [5.41, 5.74) is 1.49. The first-order valence-electron chi connectivity index (χ1n) is 10.9. The molecule has 1 aromatic heterocycles. The van der Waals surface area contributed by atoms with Crippen LogP contribution in [-0.2, 0) is 9.53 Å². The highest BCUT2D eigenvalue weighted by atomic mass is 19.1. The summed E-state index contributed by atoms with van der Waals surface area (Å²) in [7, 11) is 3.73. The minimum Gasteiger partial charge on any atom is -0.373 e. The lowest BCUT2D eigenvalue weighted by atomic mass is 9.75. The molecule has 3 aromatic rings. The number of carbonyl (C=O) groups is 1. The van der Waals surface area contributed by atoms with Crippen molar-refractivity contribution in [3.8, 4) is 11.1 Å². The molecule has 3 heterocycles. The average Bonchev–Trinajstić information content (AvgIpc) is 3.42. The molecule has 2 aliphatic heterocycles. The van der Waals surface area contributed by atoms with Crippen LogP contribution in [0.5, 0.6) is 0 Å². The van der Waals surface area contributed by atoms with Crippen LogP contribution in [0.1, 0.15) is 24.3 Å². The topological polar surface area (TPSA) is 67.4 Å². The Hall–Kier alpha value is -3.39. The van der Waals surface area contributed by atoms with E-state index in [0.29, 0.717) is 11.6 Å². The molecule has 2 fully saturated rings. The molecule has 0 saturated carbocycles. The molecule has 0 spiro atoms. The molecule has 1 amide bonds. The van der Waals surface area contributed by atoms with Gasteiger partial charge in [0.25, 0.3) is 0 Å². The van der Waals surface area contributed by atoms with Crippen LogP contribution in [0.3, 0.4) is 0 Å². The normalized spacial score (nSPS) is 23.5. The molecule has 2 saturated heterocycles. The van der Waals surface area contributed by atoms with E-state index in [2.05, 4.69) is 15.3 Å². The van der Waals surface area contributed by atoms with E-state index >= 15 is 0 Å². The van der Waals surface area contributed by atoms with E-state index < -0.39 is 17.6 Å². The van der Waals surface area contributed by atoms with Gasteiger partial charge in [0, 0.05) is 49.2 Å². The second-order valence-corrected chi connectivity index (χ2v) is 8.72. The maximum Gasteiger partial charge on any atom is 0.230 e. The van der Waals surface area contributed by atoms with Gasteiger partial charge in [-0.1, -0.05) is 18.2 Å². The fourth-order valence-electron chi connectivity index (χ4n) is 4.88. The van der Waals surface area contributed by atoms with E-state index in [1.807, 2.05) is 19.0 Å². The van der Waals surface area contributed by atoms with Crippen LogP contribution in [0.25, 0.3) is 11.1 Å². The van der Waals surface area contributed by atoms with Crippen molar-refractivity contribution in [2.24, 2.45) is 5.92 Å². The van der Waals surface area contributed by atoms with Gasteiger partial charge >= 0.3 is 0 Å². The average molecular weight is 450 g/mol. The van der Waals surface area contributed by atoms with Crippen LogP contribution in [0, 0.1) is 17.6 Å². The molecule has 0 aliphatic carbocycles. The lowest BCUT2D eigenvalue weighted by Crippen LogP contribution is -2.36. The zero-order valence-electron chi connectivity index (χ0n) is 18.3. The highest BCUT2D eigenvalue weighted by Crippen LogP contribution is 2.49. The Labute approximate surface area is 190 Å². The third-order valence-electron chi connectivity index (χ3n) is 6.42. The number of nitrogens with zero attached hydrogens (tertiary/aromatic N) is 3. The summed E-state index contributed by atoms with van der Waals surface area (Å²) in [4.78, 5) is 23.8. The quantitative estimate of drug-likeness (QED) is 0.625. The third kappa shape index (κ3) is 3.95. The van der Waals surface area contributed by atoms with Gasteiger partial charge in [0.2, 0.25) is 11.9 Å². The molecule has 33 heavy (non-hydrogen) atoms. The minimum absolute atomic E-state index is 0.0697. The standard InChI is InChI=1S/C25H24F2N4O2/c1-31(2)25-28-12-14(13-29-25)22-20-9-10-21(33-20)23(22)24(32)30-15-7-8-17(19(27)11-15)16-5-3-4-6-18(16)26/h3-8,11-13,20-23H,9-10H2,1-2H3,(H,30,32)/t20-,21+,22+,23-/m0/s1. The number of fused-ring (bicyclic) bond motifs is 2. The van der Waals surface area contributed by atoms with Crippen LogP contribution in [0.2, 0.25) is 0 Å². The number of hydrogen-bond donors (Lipinski definition) is 1. The van der Waals surface area contributed by atoms with Crippen LogP contribution in [0.4, 0.5) is 20.4 Å². The molecule has 0 unspecified atom stereocenters. The lowest BCUT2D eigenvalue weighted by molar-refractivity contribution is -0.121. The first kappa shape index (κ1) is 21.5. The van der Waals surface area contributed by atoms with Gasteiger partial charge in [-0.2, -0.15) is 0 Å². The number of hydrogen-bond acceptors (Lipinski definition) is 5. The summed E-state index contributed by atoms with van der Waals surface area (Å²) in [5, 5.41) is 2.83. The number of carbonyl (C=O) groups excluding carboxylic acids is 1. The Morgan fingerprint density at radius 2 is 1.70 bits per heavy atom. The van der Waals surface area contributed by atoms with Gasteiger partial charge in [-0.25, -0.2) is 18.7 Å². The molecule has 2 aliphatic rings. The molecule has 0 radical (unpaired) electrons. The number of amides is 1. The maximum absolute atomic E-state index is 14.8. The Balaban J connectivity index is 1.37. The van der Waals surface area contributed by atoms with Gasteiger partial charge in [0.05, 0.1) is 18.1 Å². The van der Waals surface area contributed by atoms with Crippen molar-refractivity contribution in [1.29, 1.82) is 0 Å². The molecule has 2 aromatic carbocycles. The number of nitrogens with one attached hydrogen (secondary N) is 1. The molecule has 8 heteroatoms. The molecule has 2 bridgehead atoms. The van der Waals surface area contributed by atoms with Crippen molar-refractivity contribution in [2.75, 3.05) is 24.3 Å². The number of ether oxygens (including phenoxy) is 1. The monoisotopic (exact) mass is 450 g/mol. The number of rotatable bonds is 5. The SMILES string of the molecule is CN(C)c1ncc([C@H]2[C@@H](C(=O)Nc3ccc(-c4ccccc4F)c(F)c3)[C@H]3CC[C@@H]2O3)cn1. The fraction of sp³-hybridized carbons (Fsp3) is 0.320. The maximum atomic E-state index is 14.8. The van der Waals surface area contributed by atoms with E-state index in [1.54, 1.807) is 30.6 Å². The molecule has 5 rings (SSSR count). The van der Waals surface area contributed by atoms with Crippen LogP contribution < -0.4 is 10.2 Å². The first-order valence-corrected chi connectivity index (χ1v) is 10.9. The van der Waals surface area contributed by atoms with Crippen molar-refractivity contribution in [2.45, 2.75) is 31.0 Å². The molecular formula is C25H24F2N4O2. The van der Waals surface area contributed by atoms with Gasteiger partial charge < -0.3 is 15.0 Å². The first-order chi connectivity index (χ1) is 15.9. The van der Waals surface area contributed by atoms with E-state index in [9.17, 15) is 13.6 Å². The number of anilines is 2. The summed E-state index contributed by atoms with van der Waals surface area (Å²) in [5.74, 6) is -1.34. The van der Waals surface area contributed by atoms with Crippen molar-refractivity contribution >= 4 is 17.5 Å². The van der Waals surface area contributed by atoms with Crippen LogP contribution in [0.15, 0.2) is 54.9 Å². The van der Waals surface area contributed by atoms with E-state index in [0.717, 1.165) is 18.4 Å². The summed E-state index contributed by atoms with van der Waals surface area (Å²) in [6, 6.07) is 10.3. The molecule has 4 atom stereocenters. The fourth-order valence-corrected chi connectivity index (χ4v) is 4.88. The second-order valence-electron chi connectivity index (χ2n) is 8.72. The second kappa shape index (κ2) is 8.51. The zero-order chi connectivity index (χ0) is 23.1. The predicted molar refractivity (Wildman–Crippen MR) is 121 cm³/mol. The summed E-state index contributed by atoms with van der Waals surface area (Å²) in [6.45, 7) is 0. The molecular weight excluding hydrogens is 426 g/mol. The highest BCUT2D eigenvalue weighted by Gasteiger charge is 2.53. The van der Waals surface area contributed by atoms with E-state index in [-0.39, 0.29) is 35.2 Å². The number of aromatic nitrogens is 2. The zero-order valence-corrected chi connectivity index (χ0v) is 18.3. The third-order valence-corrected chi connectivity index (χ3v) is 6.42. The Kier molecular flexibility index (Phi) is 5.54. The van der Waals surface area contributed by atoms with E-state index in [1.165, 1.54) is 24.3 Å². The van der Waals surface area contributed by atoms with Crippen LogP contribution >= 0.6 is 0 Å². The summed E-state index contributed by atoms with van der Waals surface area (Å²) in [6.07, 6.45) is 4.91. The van der Waals surface area contributed by atoms with E-state index in [4.69, 9.17) is 4.74 Å². The Morgan fingerprint density at radius 1 is 1.00 bits per heavy atom. The van der Waals surface area contributed by atoms with Gasteiger partial charge in [-0.05, 0) is 42.7 Å². The van der Waals surface area contributed by atoms with Gasteiger partial charge in [-0.15, -0.1) is 0 Å². The molecule has 1 N–H and O–H groups in total. The molecule has 6 nitrogen and oxygen atoms in total. The Morgan fingerprint density at radius 3 is 2.39 bits per heavy atom. The number of benzene rings is 2. The van der Waals surface area contributed by atoms with Gasteiger partial charge in [-0.3, -0.25) is 4.79 Å². The molecule has 170 valence electrons. The summed E-state index contributed by atoms with van der Waals surface area (Å²) < 4.78 is 34.9. The minimum atomic E-state index is -0.605. The van der Waals surface area contributed by atoms with Crippen molar-refractivity contribution < 1.29 is 18.3 Å². The smallest absolute Gasteiger partial charge is 0.230 e. The van der Waals surface area contributed by atoms with Gasteiger partial charge in [0.1, 0.15) is 11.6 Å². The van der Waals surface area contributed by atoms with Crippen molar-refractivity contribution in [1.82, 2.24) is 9.97 Å². The number of halogens is 2. The van der Waals surface area contributed by atoms with Gasteiger partial charge in [0.15, 0.2) is 0 Å². The Bertz CT molecular complexity index is 1190.